The molecule has 1 aliphatic heterocycles. The summed E-state index contributed by atoms with van der Waals surface area (Å²) in [6, 6.07) is 3.84. The predicted octanol–water partition coefficient (Wildman–Crippen LogP) is 3.75. The summed E-state index contributed by atoms with van der Waals surface area (Å²) in [5.74, 6) is 1.85. The molecule has 1 saturated heterocycles. The maximum absolute atomic E-state index is 5.82. The minimum absolute atomic E-state index is 0.189. The zero-order valence-corrected chi connectivity index (χ0v) is 12.6. The SMILES string of the molecule is COc1cc(CCl)cc(Br)c1OCC1CCCO1. The summed E-state index contributed by atoms with van der Waals surface area (Å²) in [5.41, 5.74) is 0.991. The van der Waals surface area contributed by atoms with E-state index in [9.17, 15) is 0 Å². The molecule has 0 aromatic heterocycles. The van der Waals surface area contributed by atoms with Crippen LogP contribution in [0.25, 0.3) is 0 Å². The number of halogens is 2. The van der Waals surface area contributed by atoms with Gasteiger partial charge in [-0.1, -0.05) is 0 Å². The molecular formula is C13H16BrClO3. The second-order valence-corrected chi connectivity index (χ2v) is 5.31. The lowest BCUT2D eigenvalue weighted by atomic mass is 10.2. The molecule has 0 aliphatic carbocycles. The Morgan fingerprint density at radius 3 is 2.94 bits per heavy atom. The molecular weight excluding hydrogens is 319 g/mol. The molecule has 0 bridgehead atoms. The van der Waals surface area contributed by atoms with Gasteiger partial charge in [-0.3, -0.25) is 0 Å². The fourth-order valence-electron chi connectivity index (χ4n) is 1.94. The smallest absolute Gasteiger partial charge is 0.175 e. The summed E-state index contributed by atoms with van der Waals surface area (Å²) in [7, 11) is 1.62. The standard InChI is InChI=1S/C13H16BrClO3/c1-16-12-6-9(7-15)5-11(14)13(12)18-8-10-3-2-4-17-10/h5-6,10H,2-4,7-8H2,1H3. The average molecular weight is 336 g/mol. The zero-order chi connectivity index (χ0) is 13.0. The highest BCUT2D eigenvalue weighted by Gasteiger charge is 2.18. The van der Waals surface area contributed by atoms with Crippen molar-refractivity contribution in [2.24, 2.45) is 0 Å². The lowest BCUT2D eigenvalue weighted by molar-refractivity contribution is 0.0667. The topological polar surface area (TPSA) is 27.7 Å². The van der Waals surface area contributed by atoms with Crippen LogP contribution in [0.4, 0.5) is 0 Å². The zero-order valence-electron chi connectivity index (χ0n) is 10.2. The van der Waals surface area contributed by atoms with Crippen molar-refractivity contribution in [1.29, 1.82) is 0 Å². The fraction of sp³-hybridized carbons (Fsp3) is 0.538. The van der Waals surface area contributed by atoms with E-state index in [-0.39, 0.29) is 6.10 Å². The van der Waals surface area contributed by atoms with Gasteiger partial charge in [0, 0.05) is 12.5 Å². The van der Waals surface area contributed by atoms with Crippen molar-refractivity contribution >= 4 is 27.5 Å². The monoisotopic (exact) mass is 334 g/mol. The maximum Gasteiger partial charge on any atom is 0.175 e. The second kappa shape index (κ2) is 6.64. The Hall–Kier alpha value is -0.450. The minimum Gasteiger partial charge on any atom is -0.493 e. The van der Waals surface area contributed by atoms with Crippen molar-refractivity contribution < 1.29 is 14.2 Å². The molecule has 0 saturated carbocycles. The highest BCUT2D eigenvalue weighted by molar-refractivity contribution is 9.10. The van der Waals surface area contributed by atoms with Crippen LogP contribution < -0.4 is 9.47 Å². The van der Waals surface area contributed by atoms with Gasteiger partial charge < -0.3 is 14.2 Å². The van der Waals surface area contributed by atoms with E-state index >= 15 is 0 Å². The van der Waals surface area contributed by atoms with Crippen molar-refractivity contribution in [3.05, 3.63) is 22.2 Å². The minimum atomic E-state index is 0.189. The quantitative estimate of drug-likeness (QED) is 0.767. The molecule has 0 radical (unpaired) electrons. The lowest BCUT2D eigenvalue weighted by Crippen LogP contribution is -2.16. The van der Waals surface area contributed by atoms with Crippen molar-refractivity contribution in [2.75, 3.05) is 20.3 Å². The first-order valence-corrected chi connectivity index (χ1v) is 7.24. The van der Waals surface area contributed by atoms with Crippen LogP contribution in [0.2, 0.25) is 0 Å². The first-order valence-electron chi connectivity index (χ1n) is 5.91. The number of rotatable bonds is 5. The van der Waals surface area contributed by atoms with E-state index in [1.54, 1.807) is 7.11 Å². The highest BCUT2D eigenvalue weighted by Crippen LogP contribution is 2.37. The Morgan fingerprint density at radius 2 is 2.33 bits per heavy atom. The van der Waals surface area contributed by atoms with Gasteiger partial charge in [0.1, 0.15) is 6.61 Å². The number of hydrogen-bond acceptors (Lipinski definition) is 3. The molecule has 0 N–H and O–H groups in total. The van der Waals surface area contributed by atoms with Gasteiger partial charge in [0.25, 0.3) is 0 Å². The Morgan fingerprint density at radius 1 is 1.50 bits per heavy atom. The molecule has 1 atom stereocenters. The van der Waals surface area contributed by atoms with Gasteiger partial charge in [-0.15, -0.1) is 11.6 Å². The average Bonchev–Trinajstić information content (AvgIpc) is 2.89. The summed E-state index contributed by atoms with van der Waals surface area (Å²) in [4.78, 5) is 0. The van der Waals surface area contributed by atoms with Gasteiger partial charge in [-0.2, -0.15) is 0 Å². The van der Waals surface area contributed by atoms with Crippen LogP contribution in [0.5, 0.6) is 11.5 Å². The summed E-state index contributed by atoms with van der Waals surface area (Å²) >= 11 is 9.31. The van der Waals surface area contributed by atoms with Crippen molar-refractivity contribution in [1.82, 2.24) is 0 Å². The van der Waals surface area contributed by atoms with Gasteiger partial charge >= 0.3 is 0 Å². The second-order valence-electron chi connectivity index (χ2n) is 4.19. The highest BCUT2D eigenvalue weighted by atomic mass is 79.9. The Bertz CT molecular complexity index is 405. The number of methoxy groups -OCH3 is 1. The molecule has 1 aromatic rings. The van der Waals surface area contributed by atoms with E-state index in [4.69, 9.17) is 25.8 Å². The molecule has 1 aliphatic rings. The van der Waals surface area contributed by atoms with Crippen LogP contribution in [-0.4, -0.2) is 26.4 Å². The van der Waals surface area contributed by atoms with Crippen LogP contribution in [0.15, 0.2) is 16.6 Å². The Kier molecular flexibility index (Phi) is 5.15. The molecule has 1 fully saturated rings. The van der Waals surface area contributed by atoms with Crippen LogP contribution in [0.1, 0.15) is 18.4 Å². The molecule has 18 heavy (non-hydrogen) atoms. The van der Waals surface area contributed by atoms with Gasteiger partial charge in [-0.05, 0) is 46.5 Å². The Balaban J connectivity index is 2.10. The number of benzene rings is 1. The van der Waals surface area contributed by atoms with Crippen LogP contribution in [0, 0.1) is 0 Å². The van der Waals surface area contributed by atoms with E-state index in [0.717, 1.165) is 29.5 Å². The third kappa shape index (κ3) is 3.31. The van der Waals surface area contributed by atoms with Gasteiger partial charge in [0.2, 0.25) is 0 Å². The molecule has 100 valence electrons. The van der Waals surface area contributed by atoms with Crippen LogP contribution in [-0.2, 0) is 10.6 Å². The first kappa shape index (κ1) is 14.0. The van der Waals surface area contributed by atoms with Gasteiger partial charge in [0.05, 0.1) is 17.7 Å². The summed E-state index contributed by atoms with van der Waals surface area (Å²) in [5, 5.41) is 0. The fourth-order valence-corrected chi connectivity index (χ4v) is 2.70. The van der Waals surface area contributed by atoms with Crippen LogP contribution in [0.3, 0.4) is 0 Å². The van der Waals surface area contributed by atoms with E-state index < -0.39 is 0 Å². The van der Waals surface area contributed by atoms with Crippen molar-refractivity contribution in [3.8, 4) is 11.5 Å². The molecule has 2 rings (SSSR count). The van der Waals surface area contributed by atoms with E-state index in [1.165, 1.54) is 0 Å². The molecule has 1 unspecified atom stereocenters. The van der Waals surface area contributed by atoms with Gasteiger partial charge in [0.15, 0.2) is 11.5 Å². The van der Waals surface area contributed by atoms with Crippen molar-refractivity contribution in [2.45, 2.75) is 24.8 Å². The number of ether oxygens (including phenoxy) is 3. The van der Waals surface area contributed by atoms with E-state index in [0.29, 0.717) is 24.0 Å². The maximum atomic E-state index is 5.82. The third-order valence-electron chi connectivity index (χ3n) is 2.88. The summed E-state index contributed by atoms with van der Waals surface area (Å²) in [6.07, 6.45) is 2.35. The molecule has 5 heteroatoms. The molecule has 1 aromatic carbocycles. The molecule has 1 heterocycles. The summed E-state index contributed by atoms with van der Waals surface area (Å²) < 4.78 is 17.5. The number of alkyl halides is 1. The Labute approximate surface area is 120 Å². The lowest BCUT2D eigenvalue weighted by Gasteiger charge is -2.16. The molecule has 0 spiro atoms. The largest absolute Gasteiger partial charge is 0.493 e. The summed E-state index contributed by atoms with van der Waals surface area (Å²) in [6.45, 7) is 1.38. The first-order chi connectivity index (χ1) is 8.74. The van der Waals surface area contributed by atoms with Crippen molar-refractivity contribution in [3.63, 3.8) is 0 Å². The normalized spacial score (nSPS) is 18.9. The van der Waals surface area contributed by atoms with Crippen LogP contribution >= 0.6 is 27.5 Å². The molecule has 3 nitrogen and oxygen atoms in total. The third-order valence-corrected chi connectivity index (χ3v) is 3.78. The van der Waals surface area contributed by atoms with E-state index in [2.05, 4.69) is 15.9 Å². The van der Waals surface area contributed by atoms with Gasteiger partial charge in [-0.25, -0.2) is 0 Å². The van der Waals surface area contributed by atoms with E-state index in [1.807, 2.05) is 12.1 Å². The predicted molar refractivity (Wildman–Crippen MR) is 74.7 cm³/mol. The number of hydrogen-bond donors (Lipinski definition) is 0. The molecule has 0 amide bonds.